The Kier molecular flexibility index (Phi) is 5.11. The van der Waals surface area contributed by atoms with Gasteiger partial charge in [0.25, 0.3) is 0 Å². The maximum absolute atomic E-state index is 10.8. The summed E-state index contributed by atoms with van der Waals surface area (Å²) in [6, 6.07) is 0. The van der Waals surface area contributed by atoms with E-state index < -0.39 is 12.1 Å². The fourth-order valence-corrected chi connectivity index (χ4v) is 0.354. The van der Waals surface area contributed by atoms with Crippen LogP contribution in [0.1, 0.15) is 6.92 Å². The molecule has 0 fully saturated rings. The summed E-state index contributed by atoms with van der Waals surface area (Å²) in [5.74, 6) is -0.411. The van der Waals surface area contributed by atoms with Crippen LogP contribution in [-0.2, 0) is 14.3 Å². The van der Waals surface area contributed by atoms with Gasteiger partial charge in [-0.2, -0.15) is 0 Å². The lowest BCUT2D eigenvalue weighted by atomic mass is 10.4. The molecule has 1 unspecified atom stereocenters. The Hall–Kier alpha value is -1.09. The topological polar surface area (TPSA) is 35.5 Å². The van der Waals surface area contributed by atoms with Crippen LogP contribution in [0.25, 0.3) is 0 Å². The molecule has 0 saturated carbocycles. The number of carbonyl (C=O) groups is 1. The summed E-state index contributed by atoms with van der Waals surface area (Å²) in [5, 5.41) is 0. The quantitative estimate of drug-likeness (QED) is 0.349. The minimum atomic E-state index is -0.524. The second kappa shape index (κ2) is 5.68. The number of esters is 1. The highest BCUT2D eigenvalue weighted by Gasteiger charge is 2.10. The molecule has 0 rings (SSSR count). The molecule has 0 aliphatic heterocycles. The molecule has 1 atom stereocenters. The maximum Gasteiger partial charge on any atom is 0.339 e. The average Bonchev–Trinajstić information content (AvgIpc) is 2.03. The van der Waals surface area contributed by atoms with E-state index in [2.05, 4.69) is 11.3 Å². The largest absolute Gasteiger partial charge is 0.433 e. The summed E-state index contributed by atoms with van der Waals surface area (Å²) in [6.45, 7) is 5.03. The average molecular weight is 156 g/mol. The number of hydrogen-bond donors (Lipinski definition) is 0. The van der Waals surface area contributed by atoms with E-state index in [0.717, 1.165) is 0 Å². The Bertz CT molecular complexity index is 161. The van der Waals surface area contributed by atoms with Gasteiger partial charge < -0.3 is 9.47 Å². The Labute approximate surface area is 66.3 Å². The highest BCUT2D eigenvalue weighted by Crippen LogP contribution is 1.92. The SMILES string of the molecule is C=CC=COC(=O)C(C)OC. The predicted octanol–water partition coefficient (Wildman–Crippen LogP) is 1.26. The standard InChI is InChI=1S/C8H12O3/c1-4-5-6-11-8(9)7(2)10-3/h4-7H,1H2,2-3H3. The Morgan fingerprint density at radius 2 is 2.27 bits per heavy atom. The first-order chi connectivity index (χ1) is 5.22. The van der Waals surface area contributed by atoms with Gasteiger partial charge in [0.2, 0.25) is 0 Å². The summed E-state index contributed by atoms with van der Waals surface area (Å²) >= 11 is 0. The van der Waals surface area contributed by atoms with Crippen molar-refractivity contribution in [2.45, 2.75) is 13.0 Å². The molecule has 0 aliphatic carbocycles. The lowest BCUT2D eigenvalue weighted by Crippen LogP contribution is -2.19. The van der Waals surface area contributed by atoms with E-state index in [1.54, 1.807) is 6.92 Å². The van der Waals surface area contributed by atoms with Crippen LogP contribution in [0.3, 0.4) is 0 Å². The molecule has 11 heavy (non-hydrogen) atoms. The number of allylic oxidation sites excluding steroid dienone is 2. The zero-order valence-corrected chi connectivity index (χ0v) is 6.74. The molecule has 0 N–H and O–H groups in total. The molecule has 0 aromatic rings. The van der Waals surface area contributed by atoms with Gasteiger partial charge >= 0.3 is 5.97 Å². The molecule has 0 radical (unpaired) electrons. The summed E-state index contributed by atoms with van der Waals surface area (Å²) < 4.78 is 9.33. The van der Waals surface area contributed by atoms with Crippen molar-refractivity contribution in [3.05, 3.63) is 25.0 Å². The molecule has 62 valence electrons. The van der Waals surface area contributed by atoms with Gasteiger partial charge in [-0.25, -0.2) is 4.79 Å². The first-order valence-corrected chi connectivity index (χ1v) is 3.23. The number of ether oxygens (including phenoxy) is 2. The summed E-state index contributed by atoms with van der Waals surface area (Å²) in [4.78, 5) is 10.8. The minimum Gasteiger partial charge on any atom is -0.433 e. The predicted molar refractivity (Wildman–Crippen MR) is 41.9 cm³/mol. The minimum absolute atomic E-state index is 0.411. The molecule has 0 saturated heterocycles. The van der Waals surface area contributed by atoms with E-state index in [9.17, 15) is 4.79 Å². The number of hydrogen-bond acceptors (Lipinski definition) is 3. The van der Waals surface area contributed by atoms with Crippen molar-refractivity contribution >= 4 is 5.97 Å². The first kappa shape index (κ1) is 9.91. The summed E-state index contributed by atoms with van der Waals surface area (Å²) in [5.41, 5.74) is 0. The molecule has 0 aliphatic rings. The van der Waals surface area contributed by atoms with E-state index in [1.165, 1.54) is 25.5 Å². The van der Waals surface area contributed by atoms with Crippen LogP contribution in [0, 0.1) is 0 Å². The Morgan fingerprint density at radius 1 is 1.64 bits per heavy atom. The second-order valence-electron chi connectivity index (χ2n) is 1.88. The van der Waals surface area contributed by atoms with Crippen molar-refractivity contribution < 1.29 is 14.3 Å². The molecular formula is C8H12O3. The summed E-state index contributed by atoms with van der Waals surface area (Å²) in [7, 11) is 1.45. The molecule has 0 aromatic carbocycles. The summed E-state index contributed by atoms with van der Waals surface area (Å²) in [6.07, 6.45) is 3.79. The molecule has 0 spiro atoms. The van der Waals surface area contributed by atoms with Gasteiger partial charge in [-0.3, -0.25) is 0 Å². The van der Waals surface area contributed by atoms with Gasteiger partial charge in [-0.05, 0) is 13.0 Å². The van der Waals surface area contributed by atoms with Crippen LogP contribution in [0.4, 0.5) is 0 Å². The van der Waals surface area contributed by atoms with Crippen LogP contribution >= 0.6 is 0 Å². The van der Waals surface area contributed by atoms with Crippen molar-refractivity contribution in [1.29, 1.82) is 0 Å². The van der Waals surface area contributed by atoms with E-state index in [-0.39, 0.29) is 0 Å². The molecule has 0 heterocycles. The molecule has 3 heteroatoms. The van der Waals surface area contributed by atoms with E-state index in [4.69, 9.17) is 4.74 Å². The van der Waals surface area contributed by atoms with Gasteiger partial charge in [0.05, 0.1) is 6.26 Å². The molecular weight excluding hydrogens is 144 g/mol. The Morgan fingerprint density at radius 3 is 2.73 bits per heavy atom. The van der Waals surface area contributed by atoms with Gasteiger partial charge in [0.1, 0.15) is 0 Å². The maximum atomic E-state index is 10.8. The van der Waals surface area contributed by atoms with Crippen LogP contribution in [0.5, 0.6) is 0 Å². The highest BCUT2D eigenvalue weighted by atomic mass is 16.6. The van der Waals surface area contributed by atoms with Gasteiger partial charge in [-0.15, -0.1) is 0 Å². The molecule has 0 bridgehead atoms. The normalized spacial score (nSPS) is 12.9. The van der Waals surface area contributed by atoms with Crippen LogP contribution in [-0.4, -0.2) is 19.2 Å². The third-order valence-electron chi connectivity index (χ3n) is 1.08. The fraction of sp³-hybridized carbons (Fsp3) is 0.375. The van der Waals surface area contributed by atoms with E-state index in [0.29, 0.717) is 0 Å². The lowest BCUT2D eigenvalue weighted by molar-refractivity contribution is -0.148. The first-order valence-electron chi connectivity index (χ1n) is 3.23. The van der Waals surface area contributed by atoms with E-state index in [1.807, 2.05) is 0 Å². The van der Waals surface area contributed by atoms with Crippen LogP contribution in [0.15, 0.2) is 25.0 Å². The van der Waals surface area contributed by atoms with Crippen molar-refractivity contribution in [2.75, 3.05) is 7.11 Å². The lowest BCUT2D eigenvalue weighted by Gasteiger charge is -2.04. The monoisotopic (exact) mass is 156 g/mol. The number of carbonyl (C=O) groups excluding carboxylic acids is 1. The third kappa shape index (κ3) is 4.33. The third-order valence-corrected chi connectivity index (χ3v) is 1.08. The smallest absolute Gasteiger partial charge is 0.339 e. The van der Waals surface area contributed by atoms with Gasteiger partial charge in [0, 0.05) is 7.11 Å². The number of rotatable bonds is 4. The van der Waals surface area contributed by atoms with Gasteiger partial charge in [-0.1, -0.05) is 12.7 Å². The fourth-order valence-electron chi connectivity index (χ4n) is 0.354. The van der Waals surface area contributed by atoms with Crippen molar-refractivity contribution in [3.63, 3.8) is 0 Å². The second-order valence-corrected chi connectivity index (χ2v) is 1.88. The van der Waals surface area contributed by atoms with Crippen molar-refractivity contribution in [2.24, 2.45) is 0 Å². The zero-order chi connectivity index (χ0) is 8.69. The molecule has 0 aromatic heterocycles. The molecule has 3 nitrogen and oxygen atoms in total. The zero-order valence-electron chi connectivity index (χ0n) is 6.74. The Balaban J connectivity index is 3.68. The highest BCUT2D eigenvalue weighted by molar-refractivity contribution is 5.74. The van der Waals surface area contributed by atoms with Crippen LogP contribution < -0.4 is 0 Å². The van der Waals surface area contributed by atoms with Crippen molar-refractivity contribution in [1.82, 2.24) is 0 Å². The molecule has 0 amide bonds. The van der Waals surface area contributed by atoms with E-state index >= 15 is 0 Å². The van der Waals surface area contributed by atoms with Crippen molar-refractivity contribution in [3.8, 4) is 0 Å². The van der Waals surface area contributed by atoms with Gasteiger partial charge in [0.15, 0.2) is 6.10 Å². The number of methoxy groups -OCH3 is 1. The van der Waals surface area contributed by atoms with Crippen LogP contribution in [0.2, 0.25) is 0 Å².